The van der Waals surface area contributed by atoms with Crippen molar-refractivity contribution in [2.75, 3.05) is 26.2 Å². The van der Waals surface area contributed by atoms with Crippen LogP contribution in [-0.2, 0) is 11.2 Å². The van der Waals surface area contributed by atoms with Gasteiger partial charge in [-0.25, -0.2) is 0 Å². The molecular formula is C24H36N4O. The van der Waals surface area contributed by atoms with Crippen molar-refractivity contribution in [1.29, 1.82) is 0 Å². The second-order valence-electron chi connectivity index (χ2n) is 9.63. The zero-order valence-corrected chi connectivity index (χ0v) is 17.9. The smallest absolute Gasteiger partial charge is 0.248 e. The third kappa shape index (κ3) is 3.87. The van der Waals surface area contributed by atoms with Gasteiger partial charge in [-0.15, -0.1) is 0 Å². The van der Waals surface area contributed by atoms with E-state index in [0.29, 0.717) is 36.9 Å². The summed E-state index contributed by atoms with van der Waals surface area (Å²) in [4.78, 5) is 21.2. The summed E-state index contributed by atoms with van der Waals surface area (Å²) in [6.45, 7) is 8.16. The Balaban J connectivity index is 1.62. The van der Waals surface area contributed by atoms with E-state index < -0.39 is 5.54 Å². The van der Waals surface area contributed by atoms with Gasteiger partial charge in [0.05, 0.1) is 0 Å². The lowest BCUT2D eigenvalue weighted by Gasteiger charge is -2.51. The maximum absolute atomic E-state index is 13.5. The molecule has 5 heteroatoms. The van der Waals surface area contributed by atoms with Gasteiger partial charge in [0.2, 0.25) is 5.91 Å². The number of carbonyl (C=O) groups excluding carboxylic acids is 1. The van der Waals surface area contributed by atoms with E-state index in [-0.39, 0.29) is 11.8 Å². The number of likely N-dealkylation sites (tertiary alicyclic amines) is 1. The highest BCUT2D eigenvalue weighted by molar-refractivity contribution is 5.91. The molecular weight excluding hydrogens is 360 g/mol. The first-order valence-corrected chi connectivity index (χ1v) is 11.4. The van der Waals surface area contributed by atoms with Crippen LogP contribution in [0.1, 0.15) is 38.7 Å². The lowest BCUT2D eigenvalue weighted by Crippen LogP contribution is -2.64. The van der Waals surface area contributed by atoms with Gasteiger partial charge in [0.1, 0.15) is 5.54 Å². The van der Waals surface area contributed by atoms with Crippen molar-refractivity contribution in [3.63, 3.8) is 0 Å². The van der Waals surface area contributed by atoms with Gasteiger partial charge < -0.3 is 11.1 Å². The second kappa shape index (κ2) is 8.57. The minimum atomic E-state index is -0.617. The molecule has 1 saturated heterocycles. The molecule has 5 rings (SSSR count). The molecule has 1 aliphatic carbocycles. The maximum atomic E-state index is 13.5. The number of aliphatic imine (C=N–C) groups is 1. The molecule has 1 aromatic rings. The van der Waals surface area contributed by atoms with Crippen LogP contribution in [0.3, 0.4) is 0 Å². The normalized spacial score (nSPS) is 32.8. The molecule has 4 aliphatic rings. The first-order valence-electron chi connectivity index (χ1n) is 11.4. The summed E-state index contributed by atoms with van der Waals surface area (Å²) in [7, 11) is 0. The predicted molar refractivity (Wildman–Crippen MR) is 118 cm³/mol. The molecule has 3 aliphatic heterocycles. The maximum Gasteiger partial charge on any atom is 0.248 e. The van der Waals surface area contributed by atoms with E-state index in [1.807, 2.05) is 0 Å². The number of amides is 1. The minimum absolute atomic E-state index is 0.131. The van der Waals surface area contributed by atoms with Crippen molar-refractivity contribution in [2.45, 2.75) is 51.1 Å². The highest BCUT2D eigenvalue weighted by Gasteiger charge is 2.63. The topological polar surface area (TPSA) is 70.7 Å². The second-order valence-corrected chi connectivity index (χ2v) is 9.63. The quantitative estimate of drug-likeness (QED) is 0.630. The lowest BCUT2D eigenvalue weighted by atomic mass is 9.59. The Labute approximate surface area is 175 Å². The number of hydrogen-bond donors (Lipinski definition) is 2. The number of benzene rings is 1. The minimum Gasteiger partial charge on any atom is -0.354 e. The third-order valence-electron chi connectivity index (χ3n) is 7.11. The van der Waals surface area contributed by atoms with Crippen LogP contribution in [0, 0.1) is 23.7 Å². The Morgan fingerprint density at radius 1 is 1.31 bits per heavy atom. The number of rotatable bonds is 9. The fourth-order valence-electron chi connectivity index (χ4n) is 5.97. The third-order valence-corrected chi connectivity index (χ3v) is 7.11. The fraction of sp³-hybridized carbons (Fsp3) is 0.667. The van der Waals surface area contributed by atoms with Crippen LogP contribution in [0.5, 0.6) is 0 Å². The molecule has 158 valence electrons. The van der Waals surface area contributed by atoms with Crippen LogP contribution in [0.4, 0.5) is 0 Å². The van der Waals surface area contributed by atoms with E-state index in [2.05, 4.69) is 60.6 Å². The molecule has 0 spiro atoms. The molecule has 2 fully saturated rings. The first-order chi connectivity index (χ1) is 14.0. The van der Waals surface area contributed by atoms with E-state index in [9.17, 15) is 4.79 Å². The fourth-order valence-corrected chi connectivity index (χ4v) is 5.97. The van der Waals surface area contributed by atoms with Crippen molar-refractivity contribution >= 4 is 12.1 Å². The Morgan fingerprint density at radius 2 is 2.10 bits per heavy atom. The van der Waals surface area contributed by atoms with E-state index in [0.717, 1.165) is 38.8 Å². The van der Waals surface area contributed by atoms with E-state index in [1.54, 1.807) is 0 Å². The molecule has 0 aromatic heterocycles. The molecule has 29 heavy (non-hydrogen) atoms. The average molecular weight is 397 g/mol. The molecule has 3 N–H and O–H groups in total. The predicted octanol–water partition coefficient (Wildman–Crippen LogP) is 2.50. The van der Waals surface area contributed by atoms with Gasteiger partial charge in [0.25, 0.3) is 0 Å². The van der Waals surface area contributed by atoms with Crippen molar-refractivity contribution in [3.05, 3.63) is 35.9 Å². The van der Waals surface area contributed by atoms with Crippen LogP contribution in [0.25, 0.3) is 0 Å². The van der Waals surface area contributed by atoms with Crippen LogP contribution in [0.15, 0.2) is 35.3 Å². The van der Waals surface area contributed by atoms with E-state index in [1.165, 1.54) is 5.56 Å². The Bertz CT molecular complexity index is 734. The van der Waals surface area contributed by atoms with Crippen molar-refractivity contribution in [3.8, 4) is 0 Å². The van der Waals surface area contributed by atoms with Gasteiger partial charge >= 0.3 is 0 Å². The number of unbranched alkanes of at least 4 members (excludes halogenated alkanes) is 1. The summed E-state index contributed by atoms with van der Waals surface area (Å²) in [6.07, 6.45) is 5.82. The zero-order valence-electron chi connectivity index (χ0n) is 17.9. The first kappa shape index (κ1) is 20.5. The van der Waals surface area contributed by atoms with Gasteiger partial charge in [0, 0.05) is 43.7 Å². The highest BCUT2D eigenvalue weighted by atomic mass is 16.2. The van der Waals surface area contributed by atoms with Gasteiger partial charge in [-0.2, -0.15) is 0 Å². The Hall–Kier alpha value is -1.72. The lowest BCUT2D eigenvalue weighted by molar-refractivity contribution is -0.131. The van der Waals surface area contributed by atoms with Gasteiger partial charge in [-0.05, 0) is 49.6 Å². The molecule has 1 saturated carbocycles. The van der Waals surface area contributed by atoms with Crippen molar-refractivity contribution in [1.82, 2.24) is 10.2 Å². The molecule has 4 bridgehead atoms. The summed E-state index contributed by atoms with van der Waals surface area (Å²) >= 11 is 0. The van der Waals surface area contributed by atoms with Crippen LogP contribution >= 0.6 is 0 Å². The van der Waals surface area contributed by atoms with Crippen molar-refractivity contribution in [2.24, 2.45) is 34.4 Å². The molecule has 1 aromatic carbocycles. The van der Waals surface area contributed by atoms with Gasteiger partial charge in [0.15, 0.2) is 0 Å². The van der Waals surface area contributed by atoms with Crippen LogP contribution in [0.2, 0.25) is 0 Å². The van der Waals surface area contributed by atoms with E-state index >= 15 is 0 Å². The van der Waals surface area contributed by atoms with Crippen molar-refractivity contribution < 1.29 is 4.79 Å². The van der Waals surface area contributed by atoms with Gasteiger partial charge in [-0.3, -0.25) is 14.7 Å². The highest BCUT2D eigenvalue weighted by Crippen LogP contribution is 2.53. The van der Waals surface area contributed by atoms with Crippen LogP contribution < -0.4 is 11.1 Å². The molecule has 5 atom stereocenters. The summed E-state index contributed by atoms with van der Waals surface area (Å²) < 4.78 is 0. The number of carbonyl (C=O) groups is 1. The summed E-state index contributed by atoms with van der Waals surface area (Å²) in [6, 6.07) is 11.1. The number of nitrogens with one attached hydrogen (secondary N) is 1. The number of nitrogens with zero attached hydrogens (tertiary/aromatic N) is 2. The molecule has 3 heterocycles. The Morgan fingerprint density at radius 3 is 2.83 bits per heavy atom. The van der Waals surface area contributed by atoms with Gasteiger partial charge in [-0.1, -0.05) is 44.2 Å². The molecule has 1 amide bonds. The summed E-state index contributed by atoms with van der Waals surface area (Å²) in [5, 5.41) is 3.22. The standard InChI is InChI=1S/C24H36N4O/c1-17(2)15-28-16-19-13-24(23(29)26-11-7-6-10-25)21(22(28)20(19)14-27-24)12-18-8-4-3-5-9-18/h3-5,8-9,14,17,19-22H,6-7,10-13,15-16,25H2,1-2H3,(H,26,29)/t19-,20-,21+,22+,24+/m1/s1. The average Bonchev–Trinajstić information content (AvgIpc) is 3.01. The van der Waals surface area contributed by atoms with Crippen LogP contribution in [-0.4, -0.2) is 54.8 Å². The molecule has 5 nitrogen and oxygen atoms in total. The summed E-state index contributed by atoms with van der Waals surface area (Å²) in [5.41, 5.74) is 6.30. The SMILES string of the molecule is CC(C)CN1C[C@H]2C[C@]3(C(=O)NCCCCN)N=C[C@H]2[C@H]1[C@@H]3Cc1ccccc1. The van der Waals surface area contributed by atoms with E-state index in [4.69, 9.17) is 10.7 Å². The summed E-state index contributed by atoms with van der Waals surface area (Å²) in [5.74, 6) is 2.04. The monoisotopic (exact) mass is 396 g/mol. The molecule has 0 unspecified atom stereocenters. The number of nitrogens with two attached hydrogens (primary N) is 1. The zero-order chi connectivity index (χ0) is 20.4. The Kier molecular flexibility index (Phi) is 6.07. The largest absolute Gasteiger partial charge is 0.354 e. The number of hydrogen-bond acceptors (Lipinski definition) is 4. The molecule has 0 radical (unpaired) electrons.